The van der Waals surface area contributed by atoms with Crippen molar-refractivity contribution in [3.05, 3.63) is 42.4 Å². The first-order chi connectivity index (χ1) is 9.74. The Morgan fingerprint density at radius 2 is 1.85 bits per heavy atom. The fraction of sp³-hybridized carbons (Fsp3) is 0.400. The van der Waals surface area contributed by atoms with Gasteiger partial charge in [-0.1, -0.05) is 13.8 Å². The number of pyridine rings is 1. The predicted octanol–water partition coefficient (Wildman–Crippen LogP) is 2.94. The molecule has 0 unspecified atom stereocenters. The largest absolute Gasteiger partial charge is 0.370 e. The lowest BCUT2D eigenvalue weighted by Crippen LogP contribution is -2.09. The Labute approximate surface area is 119 Å². The SMILES string of the molecule is CC(C)CCNc1ccnc(NCc2ccncc2)n1. The summed E-state index contributed by atoms with van der Waals surface area (Å²) in [7, 11) is 0. The first-order valence-electron chi connectivity index (χ1n) is 6.94. The quantitative estimate of drug-likeness (QED) is 0.810. The van der Waals surface area contributed by atoms with Gasteiger partial charge in [-0.05, 0) is 36.1 Å². The topological polar surface area (TPSA) is 62.7 Å². The number of nitrogens with one attached hydrogen (secondary N) is 2. The maximum atomic E-state index is 4.44. The van der Waals surface area contributed by atoms with Crippen LogP contribution in [-0.4, -0.2) is 21.5 Å². The van der Waals surface area contributed by atoms with E-state index in [0.29, 0.717) is 18.4 Å². The minimum Gasteiger partial charge on any atom is -0.370 e. The van der Waals surface area contributed by atoms with Crippen molar-refractivity contribution in [2.75, 3.05) is 17.2 Å². The molecular formula is C15H21N5. The summed E-state index contributed by atoms with van der Waals surface area (Å²) in [4.78, 5) is 12.6. The van der Waals surface area contributed by atoms with Gasteiger partial charge < -0.3 is 10.6 Å². The molecule has 20 heavy (non-hydrogen) atoms. The standard InChI is InChI=1S/C15H21N5/c1-12(2)3-9-17-14-6-10-18-15(20-14)19-11-13-4-7-16-8-5-13/h4-8,10,12H,3,9,11H2,1-2H3,(H2,17,18,19,20). The minimum absolute atomic E-state index is 0.636. The zero-order valence-electron chi connectivity index (χ0n) is 12.0. The van der Waals surface area contributed by atoms with Crippen molar-refractivity contribution in [3.63, 3.8) is 0 Å². The maximum Gasteiger partial charge on any atom is 0.224 e. The van der Waals surface area contributed by atoms with Gasteiger partial charge in [-0.15, -0.1) is 0 Å². The van der Waals surface area contributed by atoms with Gasteiger partial charge in [0.05, 0.1) is 0 Å². The smallest absolute Gasteiger partial charge is 0.224 e. The molecule has 0 atom stereocenters. The zero-order valence-corrected chi connectivity index (χ0v) is 12.0. The Kier molecular flexibility index (Phi) is 5.29. The van der Waals surface area contributed by atoms with Crippen molar-refractivity contribution in [2.24, 2.45) is 5.92 Å². The van der Waals surface area contributed by atoms with Gasteiger partial charge in [-0.2, -0.15) is 4.98 Å². The lowest BCUT2D eigenvalue weighted by molar-refractivity contribution is 0.606. The van der Waals surface area contributed by atoms with E-state index in [2.05, 4.69) is 39.4 Å². The summed E-state index contributed by atoms with van der Waals surface area (Å²) in [5.74, 6) is 2.18. The van der Waals surface area contributed by atoms with E-state index in [1.807, 2.05) is 18.2 Å². The van der Waals surface area contributed by atoms with Crippen LogP contribution in [-0.2, 0) is 6.54 Å². The van der Waals surface area contributed by atoms with Gasteiger partial charge in [0.2, 0.25) is 5.95 Å². The van der Waals surface area contributed by atoms with Gasteiger partial charge in [-0.25, -0.2) is 4.98 Å². The highest BCUT2D eigenvalue weighted by molar-refractivity contribution is 5.39. The highest BCUT2D eigenvalue weighted by atomic mass is 15.1. The van der Waals surface area contributed by atoms with Gasteiger partial charge in [0.25, 0.3) is 0 Å². The fourth-order valence-corrected chi connectivity index (χ4v) is 1.71. The summed E-state index contributed by atoms with van der Waals surface area (Å²) in [6.07, 6.45) is 6.45. The molecule has 0 aliphatic rings. The molecule has 0 radical (unpaired) electrons. The van der Waals surface area contributed by atoms with Crippen LogP contribution < -0.4 is 10.6 Å². The van der Waals surface area contributed by atoms with Crippen LogP contribution in [0.2, 0.25) is 0 Å². The van der Waals surface area contributed by atoms with Gasteiger partial charge in [0, 0.05) is 31.7 Å². The van der Waals surface area contributed by atoms with Crippen LogP contribution in [0.4, 0.5) is 11.8 Å². The van der Waals surface area contributed by atoms with Gasteiger partial charge in [0.15, 0.2) is 0 Å². The van der Waals surface area contributed by atoms with E-state index >= 15 is 0 Å². The molecule has 5 heteroatoms. The number of aromatic nitrogens is 3. The predicted molar refractivity (Wildman–Crippen MR) is 81.5 cm³/mol. The number of hydrogen-bond acceptors (Lipinski definition) is 5. The van der Waals surface area contributed by atoms with Crippen molar-refractivity contribution in [1.29, 1.82) is 0 Å². The number of hydrogen-bond donors (Lipinski definition) is 2. The molecule has 2 rings (SSSR count). The minimum atomic E-state index is 0.636. The van der Waals surface area contributed by atoms with E-state index in [1.54, 1.807) is 18.6 Å². The normalized spacial score (nSPS) is 10.6. The van der Waals surface area contributed by atoms with E-state index in [-0.39, 0.29) is 0 Å². The molecular weight excluding hydrogens is 250 g/mol. The average Bonchev–Trinajstić information content (AvgIpc) is 2.46. The van der Waals surface area contributed by atoms with Crippen LogP contribution in [0, 0.1) is 5.92 Å². The zero-order chi connectivity index (χ0) is 14.2. The van der Waals surface area contributed by atoms with Crippen molar-refractivity contribution >= 4 is 11.8 Å². The third-order valence-electron chi connectivity index (χ3n) is 2.88. The second-order valence-corrected chi connectivity index (χ2v) is 5.08. The molecule has 0 aromatic carbocycles. The van der Waals surface area contributed by atoms with Crippen LogP contribution in [0.1, 0.15) is 25.8 Å². The van der Waals surface area contributed by atoms with E-state index < -0.39 is 0 Å². The summed E-state index contributed by atoms with van der Waals surface area (Å²) in [5, 5.41) is 6.52. The Morgan fingerprint density at radius 1 is 1.05 bits per heavy atom. The highest BCUT2D eigenvalue weighted by Crippen LogP contribution is 2.08. The second kappa shape index (κ2) is 7.43. The summed E-state index contributed by atoms with van der Waals surface area (Å²) in [6, 6.07) is 5.83. The summed E-state index contributed by atoms with van der Waals surface area (Å²) in [6.45, 7) is 6.04. The third kappa shape index (κ3) is 4.84. The third-order valence-corrected chi connectivity index (χ3v) is 2.88. The van der Waals surface area contributed by atoms with Gasteiger partial charge in [-0.3, -0.25) is 4.98 Å². The summed E-state index contributed by atoms with van der Waals surface area (Å²) < 4.78 is 0. The molecule has 0 aliphatic carbocycles. The van der Waals surface area contributed by atoms with Crippen LogP contribution in [0.3, 0.4) is 0 Å². The Bertz CT molecular complexity index is 513. The first kappa shape index (κ1) is 14.2. The molecule has 0 aliphatic heterocycles. The van der Waals surface area contributed by atoms with E-state index in [9.17, 15) is 0 Å². The molecule has 5 nitrogen and oxygen atoms in total. The van der Waals surface area contributed by atoms with Gasteiger partial charge in [0.1, 0.15) is 5.82 Å². The molecule has 2 heterocycles. The molecule has 0 fully saturated rings. The van der Waals surface area contributed by atoms with E-state index in [4.69, 9.17) is 0 Å². The molecule has 2 aromatic heterocycles. The average molecular weight is 271 g/mol. The molecule has 0 saturated carbocycles. The maximum absolute atomic E-state index is 4.44. The lowest BCUT2D eigenvalue weighted by Gasteiger charge is -2.09. The Morgan fingerprint density at radius 3 is 2.60 bits per heavy atom. The summed E-state index contributed by atoms with van der Waals surface area (Å²) >= 11 is 0. The monoisotopic (exact) mass is 271 g/mol. The van der Waals surface area contributed by atoms with E-state index in [0.717, 1.165) is 24.3 Å². The highest BCUT2D eigenvalue weighted by Gasteiger charge is 2.00. The molecule has 0 amide bonds. The number of nitrogens with zero attached hydrogens (tertiary/aromatic N) is 3. The van der Waals surface area contributed by atoms with E-state index in [1.165, 1.54) is 0 Å². The van der Waals surface area contributed by atoms with Crippen LogP contribution in [0.15, 0.2) is 36.8 Å². The van der Waals surface area contributed by atoms with Crippen molar-refractivity contribution < 1.29 is 0 Å². The molecule has 0 bridgehead atoms. The first-order valence-corrected chi connectivity index (χ1v) is 6.94. The number of rotatable bonds is 7. The molecule has 0 spiro atoms. The second-order valence-electron chi connectivity index (χ2n) is 5.08. The molecule has 2 N–H and O–H groups in total. The fourth-order valence-electron chi connectivity index (χ4n) is 1.71. The van der Waals surface area contributed by atoms with Crippen molar-refractivity contribution in [2.45, 2.75) is 26.8 Å². The molecule has 0 saturated heterocycles. The molecule has 106 valence electrons. The lowest BCUT2D eigenvalue weighted by atomic mass is 10.1. The summed E-state index contributed by atoms with van der Waals surface area (Å²) in [5.41, 5.74) is 1.15. The Balaban J connectivity index is 1.86. The Hall–Kier alpha value is -2.17. The van der Waals surface area contributed by atoms with Crippen molar-refractivity contribution in [1.82, 2.24) is 15.0 Å². The van der Waals surface area contributed by atoms with Gasteiger partial charge >= 0.3 is 0 Å². The molecule has 2 aromatic rings. The van der Waals surface area contributed by atoms with Crippen LogP contribution in [0.25, 0.3) is 0 Å². The number of anilines is 2. The van der Waals surface area contributed by atoms with Crippen molar-refractivity contribution in [3.8, 4) is 0 Å². The van der Waals surface area contributed by atoms with Crippen LogP contribution in [0.5, 0.6) is 0 Å². The van der Waals surface area contributed by atoms with Crippen LogP contribution >= 0.6 is 0 Å².